The second-order valence-electron chi connectivity index (χ2n) is 5.86. The van der Waals surface area contributed by atoms with E-state index in [1.807, 2.05) is 54.1 Å². The highest BCUT2D eigenvalue weighted by Crippen LogP contribution is 2.24. The van der Waals surface area contributed by atoms with Crippen LogP contribution < -0.4 is 4.74 Å². The van der Waals surface area contributed by atoms with Crippen LogP contribution in [0.5, 0.6) is 5.75 Å². The third kappa shape index (κ3) is 4.35. The molecule has 2 heterocycles. The van der Waals surface area contributed by atoms with Crippen LogP contribution in [0.3, 0.4) is 0 Å². The summed E-state index contributed by atoms with van der Waals surface area (Å²) < 4.78 is 13.3. The van der Waals surface area contributed by atoms with Crippen molar-refractivity contribution in [3.63, 3.8) is 0 Å². The summed E-state index contributed by atoms with van der Waals surface area (Å²) in [6.45, 7) is 0.310. The first kappa shape index (κ1) is 18.5. The standard InChI is InChI=1S/C19H16ClN5O2S/c1-25-16(11-26-15-9-7-14(20)8-10-15)21-24-19(25)28-12-17-22-23-18(27-17)13-5-3-2-4-6-13/h2-10H,11-12H2,1H3. The summed E-state index contributed by atoms with van der Waals surface area (Å²) in [4.78, 5) is 0. The van der Waals surface area contributed by atoms with Crippen molar-refractivity contribution < 1.29 is 9.15 Å². The highest BCUT2D eigenvalue weighted by Gasteiger charge is 2.13. The van der Waals surface area contributed by atoms with Gasteiger partial charge in [0.05, 0.1) is 5.75 Å². The van der Waals surface area contributed by atoms with Crippen molar-refractivity contribution in [2.45, 2.75) is 17.5 Å². The summed E-state index contributed by atoms with van der Waals surface area (Å²) >= 11 is 7.35. The Labute approximate surface area is 170 Å². The maximum Gasteiger partial charge on any atom is 0.247 e. The number of thioether (sulfide) groups is 1. The molecular weight excluding hydrogens is 398 g/mol. The lowest BCUT2D eigenvalue weighted by atomic mass is 10.2. The summed E-state index contributed by atoms with van der Waals surface area (Å²) in [5.41, 5.74) is 0.895. The molecule has 0 aliphatic rings. The molecule has 0 bridgehead atoms. The van der Waals surface area contributed by atoms with Gasteiger partial charge in [-0.05, 0) is 36.4 Å². The average molecular weight is 414 g/mol. The molecule has 0 N–H and O–H groups in total. The smallest absolute Gasteiger partial charge is 0.247 e. The van der Waals surface area contributed by atoms with E-state index in [0.717, 1.165) is 16.5 Å². The van der Waals surface area contributed by atoms with Crippen LogP contribution in [0.15, 0.2) is 64.2 Å². The molecule has 0 saturated heterocycles. The first-order chi connectivity index (χ1) is 13.7. The molecule has 0 atom stereocenters. The Morgan fingerprint density at radius 3 is 2.57 bits per heavy atom. The van der Waals surface area contributed by atoms with Crippen LogP contribution >= 0.6 is 23.4 Å². The molecule has 28 heavy (non-hydrogen) atoms. The summed E-state index contributed by atoms with van der Waals surface area (Å²) in [5, 5.41) is 18.0. The number of halogens is 1. The molecule has 0 unspecified atom stereocenters. The van der Waals surface area contributed by atoms with E-state index in [4.69, 9.17) is 20.8 Å². The predicted molar refractivity (Wildman–Crippen MR) is 106 cm³/mol. The highest BCUT2D eigenvalue weighted by molar-refractivity contribution is 7.98. The largest absolute Gasteiger partial charge is 0.486 e. The zero-order valence-electron chi connectivity index (χ0n) is 14.9. The summed E-state index contributed by atoms with van der Waals surface area (Å²) in [5.74, 6) is 2.98. The fraction of sp³-hybridized carbons (Fsp3) is 0.158. The van der Waals surface area contributed by atoms with Gasteiger partial charge in [0.2, 0.25) is 11.8 Å². The number of aromatic nitrogens is 5. The lowest BCUT2D eigenvalue weighted by molar-refractivity contribution is 0.290. The molecule has 0 amide bonds. The Balaban J connectivity index is 1.36. The second-order valence-corrected chi connectivity index (χ2v) is 7.24. The van der Waals surface area contributed by atoms with Crippen molar-refractivity contribution in [2.75, 3.05) is 0 Å². The number of hydrogen-bond acceptors (Lipinski definition) is 7. The average Bonchev–Trinajstić information content (AvgIpc) is 3.34. The van der Waals surface area contributed by atoms with Crippen LogP contribution in [0.4, 0.5) is 0 Å². The second kappa shape index (κ2) is 8.45. The number of rotatable bonds is 7. The van der Waals surface area contributed by atoms with Gasteiger partial charge in [-0.15, -0.1) is 20.4 Å². The minimum Gasteiger partial charge on any atom is -0.486 e. The molecule has 0 radical (unpaired) electrons. The van der Waals surface area contributed by atoms with Gasteiger partial charge < -0.3 is 13.7 Å². The van der Waals surface area contributed by atoms with Gasteiger partial charge in [-0.25, -0.2) is 0 Å². The lowest BCUT2D eigenvalue weighted by Gasteiger charge is -2.06. The Kier molecular flexibility index (Phi) is 5.59. The number of benzene rings is 2. The van der Waals surface area contributed by atoms with Crippen LogP contribution in [0.2, 0.25) is 5.02 Å². The van der Waals surface area contributed by atoms with Crippen molar-refractivity contribution in [3.05, 3.63) is 71.3 Å². The van der Waals surface area contributed by atoms with Gasteiger partial charge in [-0.3, -0.25) is 0 Å². The van der Waals surface area contributed by atoms with E-state index in [9.17, 15) is 0 Å². The third-order valence-corrected chi connectivity index (χ3v) is 5.18. The van der Waals surface area contributed by atoms with Crippen molar-refractivity contribution in [1.82, 2.24) is 25.0 Å². The van der Waals surface area contributed by atoms with E-state index in [1.165, 1.54) is 11.8 Å². The van der Waals surface area contributed by atoms with Crippen molar-refractivity contribution >= 4 is 23.4 Å². The third-order valence-electron chi connectivity index (χ3n) is 3.92. The molecule has 7 nitrogen and oxygen atoms in total. The quantitative estimate of drug-likeness (QED) is 0.415. The molecule has 0 aliphatic heterocycles. The monoisotopic (exact) mass is 413 g/mol. The van der Waals surface area contributed by atoms with Crippen molar-refractivity contribution in [3.8, 4) is 17.2 Å². The Morgan fingerprint density at radius 2 is 1.79 bits per heavy atom. The van der Waals surface area contributed by atoms with Gasteiger partial charge in [-0.1, -0.05) is 41.6 Å². The predicted octanol–water partition coefficient (Wildman–Crippen LogP) is 4.39. The van der Waals surface area contributed by atoms with Crippen LogP contribution in [-0.4, -0.2) is 25.0 Å². The zero-order valence-corrected chi connectivity index (χ0v) is 16.5. The Hall–Kier alpha value is -2.84. The van der Waals surface area contributed by atoms with Crippen LogP contribution in [0.25, 0.3) is 11.5 Å². The molecule has 0 fully saturated rings. The summed E-state index contributed by atoms with van der Waals surface area (Å²) in [7, 11) is 1.89. The number of nitrogens with zero attached hydrogens (tertiary/aromatic N) is 5. The van der Waals surface area contributed by atoms with E-state index in [1.54, 1.807) is 12.1 Å². The molecule has 0 aliphatic carbocycles. The fourth-order valence-electron chi connectivity index (χ4n) is 2.41. The highest BCUT2D eigenvalue weighted by atomic mass is 35.5. The topological polar surface area (TPSA) is 78.9 Å². The van der Waals surface area contributed by atoms with E-state index in [-0.39, 0.29) is 0 Å². The van der Waals surface area contributed by atoms with Gasteiger partial charge in [0, 0.05) is 17.6 Å². The maximum absolute atomic E-state index is 5.88. The molecule has 0 saturated carbocycles. The molecular formula is C19H16ClN5O2S. The van der Waals surface area contributed by atoms with Crippen LogP contribution in [-0.2, 0) is 19.4 Å². The van der Waals surface area contributed by atoms with Crippen LogP contribution in [0.1, 0.15) is 11.7 Å². The van der Waals surface area contributed by atoms with Gasteiger partial charge in [-0.2, -0.15) is 0 Å². The van der Waals surface area contributed by atoms with Gasteiger partial charge in [0.1, 0.15) is 12.4 Å². The Morgan fingerprint density at radius 1 is 1.00 bits per heavy atom. The van der Waals surface area contributed by atoms with Gasteiger partial charge in [0.25, 0.3) is 0 Å². The number of hydrogen-bond donors (Lipinski definition) is 0. The Bertz CT molecular complexity index is 1050. The van der Waals surface area contributed by atoms with Crippen molar-refractivity contribution in [1.29, 1.82) is 0 Å². The molecule has 2 aromatic heterocycles. The first-order valence-electron chi connectivity index (χ1n) is 8.46. The fourth-order valence-corrected chi connectivity index (χ4v) is 3.30. The first-order valence-corrected chi connectivity index (χ1v) is 9.82. The maximum atomic E-state index is 5.88. The van der Waals surface area contributed by atoms with E-state index in [2.05, 4.69) is 20.4 Å². The minimum absolute atomic E-state index is 0.310. The molecule has 2 aromatic carbocycles. The van der Waals surface area contributed by atoms with E-state index < -0.39 is 0 Å². The lowest BCUT2D eigenvalue weighted by Crippen LogP contribution is -2.04. The van der Waals surface area contributed by atoms with E-state index >= 15 is 0 Å². The zero-order chi connectivity index (χ0) is 19.3. The normalized spacial score (nSPS) is 10.9. The van der Waals surface area contributed by atoms with E-state index in [0.29, 0.717) is 35.0 Å². The minimum atomic E-state index is 0.310. The molecule has 9 heteroatoms. The molecule has 4 rings (SSSR count). The number of ether oxygens (including phenoxy) is 1. The van der Waals surface area contributed by atoms with Crippen molar-refractivity contribution in [2.24, 2.45) is 7.05 Å². The molecule has 4 aromatic rings. The summed E-state index contributed by atoms with van der Waals surface area (Å²) in [6.07, 6.45) is 0. The molecule has 142 valence electrons. The SMILES string of the molecule is Cn1c(COc2ccc(Cl)cc2)nnc1SCc1nnc(-c2ccccc2)o1. The van der Waals surface area contributed by atoms with Gasteiger partial charge in [0.15, 0.2) is 11.0 Å². The molecule has 0 spiro atoms. The van der Waals surface area contributed by atoms with Gasteiger partial charge >= 0.3 is 0 Å². The summed E-state index contributed by atoms with van der Waals surface area (Å²) in [6, 6.07) is 16.9. The van der Waals surface area contributed by atoms with Crippen LogP contribution in [0, 0.1) is 0 Å².